The molecule has 16 bridgehead atoms. The molecule has 0 radical (unpaired) electrons. The lowest BCUT2D eigenvalue weighted by Crippen LogP contribution is -2.29. The van der Waals surface area contributed by atoms with Gasteiger partial charge in [0.05, 0.1) is 12.2 Å². The second-order valence-electron chi connectivity index (χ2n) is 33.5. The SMILES string of the molecule is CCC1=C(CC)C2CC1C1C3CCC(C3)C21.CCC1=C(CC)C2CC1c1cc3ccccc3cc12.CCC1=C(CC)C2CC1c1ccccc12.CCC1=C(CC)C2CCC1C2.CCC1=C(CC)C2CCC1CC2.CCC1=C(CC)C2CCC1O2.CCC1C2CCC(C2)C1CC. The normalized spacial score (nSPS) is 36.3. The first kappa shape index (κ1) is 69.8. The highest BCUT2D eigenvalue weighted by atomic mass is 16.5. The molecule has 8 fully saturated rings. The van der Waals surface area contributed by atoms with Crippen LogP contribution in [0.25, 0.3) is 10.8 Å². The first-order valence-electron chi connectivity index (χ1n) is 42.1. The van der Waals surface area contributed by atoms with Crippen LogP contribution in [0.15, 0.2) is 128 Å². The minimum absolute atomic E-state index is 0.514. The summed E-state index contributed by atoms with van der Waals surface area (Å²) in [5.41, 5.74) is 27.9. The smallest absolute Gasteiger partial charge is 0.0797 e. The van der Waals surface area contributed by atoms with Crippen LogP contribution in [0.3, 0.4) is 0 Å². The Labute approximate surface area is 583 Å². The summed E-state index contributed by atoms with van der Waals surface area (Å²) in [5.74, 6) is 18.2. The number of benzene rings is 3. The van der Waals surface area contributed by atoms with Crippen molar-refractivity contribution >= 4 is 10.8 Å². The lowest BCUT2D eigenvalue weighted by Gasteiger charge is -2.40. The Morgan fingerprint density at radius 1 is 0.274 bits per heavy atom. The second kappa shape index (κ2) is 30.7. The van der Waals surface area contributed by atoms with Crippen molar-refractivity contribution in [2.75, 3.05) is 0 Å². The van der Waals surface area contributed by atoms with Crippen molar-refractivity contribution in [3.63, 3.8) is 0 Å². The Balaban J connectivity index is 0.000000101. The van der Waals surface area contributed by atoms with Gasteiger partial charge in [-0.25, -0.2) is 0 Å². The van der Waals surface area contributed by atoms with Gasteiger partial charge < -0.3 is 4.74 Å². The summed E-state index contributed by atoms with van der Waals surface area (Å²) in [7, 11) is 0. The fourth-order valence-corrected chi connectivity index (χ4v) is 27.3. The standard InChI is InChI=1S/C19H20.C16H24.C15H18.C12H20.C11H20.C11H18.C10H16O/c1-3-14-15(4-2)19-11-18(14)16-9-12-7-5-6-8-13(12)10-17(16)19;1-3-11-12(4-2)14-8-13(11)15-9-5-6-10(7-9)16(14)15;1-3-10-11(4-2)15-9-14(10)12-7-5-6-8-13(12)15;1-3-11-9-5-7-10(8-6-9)12(11)4-2;2*1-3-10-8-5-6-9(7-8)11(10)4-2;1-3-7-8(4-2)10-6-5-9(7)11-10/h5-10,18-19H,3-4,11H2,1-2H3;9-10,13-16H,3-8H2,1-2H3;5-8,14-15H,3-4,9H2,1-2H3;9-10H,3-8H2,1-2H3;8-11H,3-7H2,1-2H3;8-9H,3-7H2,1-2H3;9-10H,3-6H2,1-2H3. The van der Waals surface area contributed by atoms with E-state index >= 15 is 0 Å². The van der Waals surface area contributed by atoms with Crippen LogP contribution < -0.4 is 0 Å². The fourth-order valence-electron chi connectivity index (χ4n) is 27.3. The third-order valence-electron chi connectivity index (χ3n) is 30.6. The summed E-state index contributed by atoms with van der Waals surface area (Å²) < 4.78 is 5.81. The average Bonchev–Trinajstić information content (AvgIpc) is 1.58. The molecular formula is C94H136O. The number of hydrogen-bond acceptors (Lipinski definition) is 1. The van der Waals surface area contributed by atoms with Gasteiger partial charge in [0.15, 0.2) is 0 Å². The number of hydrogen-bond donors (Lipinski definition) is 0. The van der Waals surface area contributed by atoms with E-state index in [0.717, 1.165) is 107 Å². The van der Waals surface area contributed by atoms with E-state index in [2.05, 4.69) is 158 Å². The average molecular weight is 1280 g/mol. The van der Waals surface area contributed by atoms with Crippen molar-refractivity contribution < 1.29 is 4.74 Å². The van der Waals surface area contributed by atoms with Gasteiger partial charge >= 0.3 is 0 Å². The zero-order valence-corrected chi connectivity index (χ0v) is 63.4. The predicted molar refractivity (Wildman–Crippen MR) is 408 cm³/mol. The summed E-state index contributed by atoms with van der Waals surface area (Å²) in [6, 6.07) is 22.8. The molecule has 1 saturated heterocycles. The maximum Gasteiger partial charge on any atom is 0.0797 e. The molecule has 0 N–H and O–H groups in total. The number of fused-ring (bicyclic) bond motifs is 28. The minimum atomic E-state index is 0.514. The van der Waals surface area contributed by atoms with Gasteiger partial charge in [-0.2, -0.15) is 0 Å². The molecule has 18 atom stereocenters. The van der Waals surface area contributed by atoms with Gasteiger partial charge in [0.2, 0.25) is 0 Å². The highest BCUT2D eigenvalue weighted by Crippen LogP contribution is 2.70. The fraction of sp³-hybridized carbons (Fsp3) is 0.702. The second-order valence-corrected chi connectivity index (χ2v) is 33.5. The molecule has 1 heteroatoms. The van der Waals surface area contributed by atoms with Crippen LogP contribution in [0.2, 0.25) is 0 Å². The summed E-state index contributed by atoms with van der Waals surface area (Å²) in [4.78, 5) is 0. The van der Waals surface area contributed by atoms with Crippen molar-refractivity contribution in [2.24, 2.45) is 82.9 Å². The van der Waals surface area contributed by atoms with Crippen molar-refractivity contribution in [3.05, 3.63) is 150 Å². The lowest BCUT2D eigenvalue weighted by molar-refractivity contribution is 0.110. The molecule has 3 aromatic rings. The molecule has 95 heavy (non-hydrogen) atoms. The summed E-state index contributed by atoms with van der Waals surface area (Å²) in [5, 5.41) is 2.81. The van der Waals surface area contributed by atoms with Crippen LogP contribution in [0.1, 0.15) is 348 Å². The first-order valence-corrected chi connectivity index (χ1v) is 42.1. The van der Waals surface area contributed by atoms with Crippen LogP contribution in [-0.2, 0) is 4.74 Å². The van der Waals surface area contributed by atoms with Gasteiger partial charge in [-0.15, -0.1) is 0 Å². The molecule has 518 valence electrons. The van der Waals surface area contributed by atoms with Crippen molar-refractivity contribution in [3.8, 4) is 0 Å². The highest BCUT2D eigenvalue weighted by Gasteiger charge is 2.61. The van der Waals surface area contributed by atoms with Gasteiger partial charge in [0.1, 0.15) is 0 Å². The third-order valence-corrected chi connectivity index (χ3v) is 30.6. The third kappa shape index (κ3) is 12.6. The molecule has 0 spiro atoms. The topological polar surface area (TPSA) is 9.23 Å². The molecule has 0 amide bonds. The molecule has 18 unspecified atom stereocenters. The minimum Gasteiger partial charge on any atom is -0.366 e. The van der Waals surface area contributed by atoms with Gasteiger partial charge in [0, 0.05) is 23.7 Å². The van der Waals surface area contributed by atoms with E-state index in [1.54, 1.807) is 101 Å². The van der Waals surface area contributed by atoms with E-state index in [1.165, 1.54) is 171 Å². The Bertz CT molecular complexity index is 3120. The monoisotopic (exact) mass is 1280 g/mol. The van der Waals surface area contributed by atoms with Crippen LogP contribution in [0.5, 0.6) is 0 Å². The van der Waals surface area contributed by atoms with E-state index < -0.39 is 0 Å². The van der Waals surface area contributed by atoms with E-state index in [4.69, 9.17) is 4.74 Å². The number of rotatable bonds is 14. The van der Waals surface area contributed by atoms with E-state index in [0.29, 0.717) is 12.2 Å². The van der Waals surface area contributed by atoms with Crippen molar-refractivity contribution in [1.82, 2.24) is 0 Å². The van der Waals surface area contributed by atoms with Crippen LogP contribution in [-0.4, -0.2) is 12.2 Å². The van der Waals surface area contributed by atoms with E-state index in [1.807, 2.05) is 33.4 Å². The molecule has 3 aromatic carbocycles. The molecule has 20 rings (SSSR count). The van der Waals surface area contributed by atoms with Gasteiger partial charge in [-0.3, -0.25) is 0 Å². The predicted octanol–water partition coefficient (Wildman–Crippen LogP) is 27.9. The summed E-state index contributed by atoms with van der Waals surface area (Å²) >= 11 is 0. The molecule has 1 nitrogen and oxygen atoms in total. The number of allylic oxidation sites excluding steroid dienone is 10. The molecular weight excluding hydrogens is 1150 g/mol. The van der Waals surface area contributed by atoms with Crippen LogP contribution in [0.4, 0.5) is 0 Å². The molecule has 7 saturated carbocycles. The summed E-state index contributed by atoms with van der Waals surface area (Å²) in [6.45, 7) is 32.7. The van der Waals surface area contributed by atoms with Crippen LogP contribution in [0, 0.1) is 82.9 Å². The van der Waals surface area contributed by atoms with Crippen LogP contribution >= 0.6 is 0 Å². The highest BCUT2D eigenvalue weighted by molar-refractivity contribution is 5.85. The Morgan fingerprint density at radius 2 is 0.589 bits per heavy atom. The van der Waals surface area contributed by atoms with Gasteiger partial charge in [-0.1, -0.05) is 226 Å². The first-order chi connectivity index (χ1) is 46.5. The maximum atomic E-state index is 5.81. The zero-order valence-electron chi connectivity index (χ0n) is 63.4. The molecule has 2 heterocycles. The maximum absolute atomic E-state index is 5.81. The molecule has 2 aliphatic heterocycles. The Morgan fingerprint density at radius 3 is 0.947 bits per heavy atom. The number of ether oxygens (including phenoxy) is 1. The Kier molecular flexibility index (Phi) is 22.5. The largest absolute Gasteiger partial charge is 0.366 e. The summed E-state index contributed by atoms with van der Waals surface area (Å²) in [6.07, 6.45) is 46.0. The molecule has 15 aliphatic carbocycles. The van der Waals surface area contributed by atoms with Gasteiger partial charge in [0.25, 0.3) is 0 Å². The van der Waals surface area contributed by atoms with Crippen molar-refractivity contribution in [1.29, 1.82) is 0 Å². The van der Waals surface area contributed by atoms with E-state index in [9.17, 15) is 0 Å². The molecule has 0 aromatic heterocycles. The quantitative estimate of drug-likeness (QED) is 0.115. The van der Waals surface area contributed by atoms with Crippen molar-refractivity contribution in [2.45, 2.75) is 338 Å². The lowest BCUT2D eigenvalue weighted by atomic mass is 9.66. The van der Waals surface area contributed by atoms with Gasteiger partial charge in [-0.05, 0) is 320 Å². The molecule has 17 aliphatic rings. The van der Waals surface area contributed by atoms with E-state index in [-0.39, 0.29) is 0 Å². The Hall–Kier alpha value is -3.68. The zero-order chi connectivity index (χ0) is 66.3.